The molecule has 1 aliphatic rings. The molecule has 0 atom stereocenters. The second-order valence-corrected chi connectivity index (χ2v) is 6.43. The molecule has 2 aromatic rings. The molecule has 1 aliphatic heterocycles. The average Bonchev–Trinajstić information content (AvgIpc) is 3.04. The van der Waals surface area contributed by atoms with Crippen LogP contribution in [-0.4, -0.2) is 19.8 Å². The van der Waals surface area contributed by atoms with Gasteiger partial charge < -0.3 is 10.1 Å². The van der Waals surface area contributed by atoms with Gasteiger partial charge in [-0.05, 0) is 54.4 Å². The molecule has 112 valence electrons. The maximum atomic E-state index is 13.9. The average molecular weight is 305 g/mol. The summed E-state index contributed by atoms with van der Waals surface area (Å²) in [4.78, 5) is 0.985. The Balaban J connectivity index is 1.59. The topological polar surface area (TPSA) is 21.3 Å². The largest absolute Gasteiger partial charge is 0.381 e. The molecule has 0 amide bonds. The Morgan fingerprint density at radius 3 is 2.86 bits per heavy atom. The minimum absolute atomic E-state index is 0.148. The molecule has 0 aliphatic carbocycles. The van der Waals surface area contributed by atoms with Gasteiger partial charge in [-0.25, -0.2) is 4.39 Å². The Morgan fingerprint density at radius 2 is 2.10 bits per heavy atom. The van der Waals surface area contributed by atoms with Crippen LogP contribution in [0, 0.1) is 11.7 Å². The number of thiophene rings is 1. The quantitative estimate of drug-likeness (QED) is 0.899. The van der Waals surface area contributed by atoms with Crippen LogP contribution >= 0.6 is 11.3 Å². The van der Waals surface area contributed by atoms with E-state index in [9.17, 15) is 4.39 Å². The lowest BCUT2D eigenvalue weighted by atomic mass is 10.0. The zero-order valence-electron chi connectivity index (χ0n) is 12.0. The van der Waals surface area contributed by atoms with Crippen molar-refractivity contribution in [3.05, 3.63) is 47.1 Å². The second-order valence-electron chi connectivity index (χ2n) is 5.48. The fourth-order valence-corrected chi connectivity index (χ4v) is 3.42. The summed E-state index contributed by atoms with van der Waals surface area (Å²) < 4.78 is 19.3. The van der Waals surface area contributed by atoms with Crippen molar-refractivity contribution in [3.63, 3.8) is 0 Å². The lowest BCUT2D eigenvalue weighted by Crippen LogP contribution is -2.27. The van der Waals surface area contributed by atoms with Crippen molar-refractivity contribution in [1.82, 2.24) is 5.32 Å². The van der Waals surface area contributed by atoms with Crippen LogP contribution in [0.1, 0.15) is 18.4 Å². The van der Waals surface area contributed by atoms with Crippen molar-refractivity contribution < 1.29 is 9.13 Å². The number of rotatable bonds is 5. The van der Waals surface area contributed by atoms with E-state index in [1.54, 1.807) is 17.4 Å². The summed E-state index contributed by atoms with van der Waals surface area (Å²) in [6, 6.07) is 9.31. The van der Waals surface area contributed by atoms with E-state index >= 15 is 0 Å². The van der Waals surface area contributed by atoms with Crippen molar-refractivity contribution in [2.75, 3.05) is 19.8 Å². The van der Waals surface area contributed by atoms with Crippen molar-refractivity contribution in [1.29, 1.82) is 0 Å². The van der Waals surface area contributed by atoms with Crippen molar-refractivity contribution >= 4 is 11.3 Å². The van der Waals surface area contributed by atoms with E-state index in [1.165, 1.54) is 0 Å². The molecule has 0 unspecified atom stereocenters. The minimum atomic E-state index is -0.148. The van der Waals surface area contributed by atoms with E-state index in [1.807, 2.05) is 29.6 Å². The fourth-order valence-electron chi connectivity index (χ4n) is 2.67. The van der Waals surface area contributed by atoms with Gasteiger partial charge in [0.15, 0.2) is 0 Å². The summed E-state index contributed by atoms with van der Waals surface area (Å²) in [5, 5.41) is 5.47. The molecule has 1 aromatic carbocycles. The van der Waals surface area contributed by atoms with E-state index in [4.69, 9.17) is 4.74 Å². The molecule has 0 saturated carbocycles. The van der Waals surface area contributed by atoms with E-state index in [-0.39, 0.29) is 5.82 Å². The standard InChI is InChI=1S/C17H20FNOS/c18-16-4-3-14(10-15(16)17-2-1-9-21-17)12-19-11-13-5-7-20-8-6-13/h1-4,9-10,13,19H,5-8,11-12H2. The summed E-state index contributed by atoms with van der Waals surface area (Å²) in [5.41, 5.74) is 1.84. The Hall–Kier alpha value is -1.23. The van der Waals surface area contributed by atoms with Crippen molar-refractivity contribution in [2.24, 2.45) is 5.92 Å². The molecule has 2 nitrogen and oxygen atoms in total. The number of hydrogen-bond acceptors (Lipinski definition) is 3. The molecule has 4 heteroatoms. The molecule has 0 radical (unpaired) electrons. The molecular formula is C17H20FNOS. The van der Waals surface area contributed by atoms with Crippen LogP contribution in [0.15, 0.2) is 35.7 Å². The van der Waals surface area contributed by atoms with Gasteiger partial charge >= 0.3 is 0 Å². The summed E-state index contributed by atoms with van der Waals surface area (Å²) in [5.74, 6) is 0.557. The zero-order valence-corrected chi connectivity index (χ0v) is 12.8. The van der Waals surface area contributed by atoms with E-state index in [0.29, 0.717) is 11.5 Å². The normalized spacial score (nSPS) is 16.2. The molecule has 1 aromatic heterocycles. The van der Waals surface area contributed by atoms with Crippen LogP contribution < -0.4 is 5.32 Å². The van der Waals surface area contributed by atoms with Gasteiger partial charge in [-0.15, -0.1) is 11.3 Å². The minimum Gasteiger partial charge on any atom is -0.381 e. The van der Waals surface area contributed by atoms with Gasteiger partial charge in [0.25, 0.3) is 0 Å². The Bertz CT molecular complexity index is 564. The van der Waals surface area contributed by atoms with Crippen LogP contribution in [-0.2, 0) is 11.3 Å². The maximum Gasteiger partial charge on any atom is 0.131 e. The third-order valence-corrected chi connectivity index (χ3v) is 4.82. The summed E-state index contributed by atoms with van der Waals surface area (Å²) >= 11 is 1.57. The SMILES string of the molecule is Fc1ccc(CNCC2CCOCC2)cc1-c1cccs1. The first-order valence-corrected chi connectivity index (χ1v) is 8.31. The number of hydrogen-bond donors (Lipinski definition) is 1. The smallest absolute Gasteiger partial charge is 0.131 e. The molecule has 2 heterocycles. The van der Waals surface area contributed by atoms with E-state index in [0.717, 1.165) is 49.6 Å². The molecule has 1 N–H and O–H groups in total. The third-order valence-electron chi connectivity index (χ3n) is 3.92. The number of ether oxygens (including phenoxy) is 1. The molecule has 3 rings (SSSR count). The fraction of sp³-hybridized carbons (Fsp3) is 0.412. The van der Waals surface area contributed by atoms with Gasteiger partial charge in [0.05, 0.1) is 0 Å². The van der Waals surface area contributed by atoms with Crippen LogP contribution in [0.4, 0.5) is 4.39 Å². The van der Waals surface area contributed by atoms with Gasteiger partial charge in [-0.3, -0.25) is 0 Å². The highest BCUT2D eigenvalue weighted by molar-refractivity contribution is 7.13. The number of halogens is 1. The predicted octanol–water partition coefficient (Wildman–Crippen LogP) is 4.07. The first kappa shape index (κ1) is 14.7. The van der Waals surface area contributed by atoms with Gasteiger partial charge in [-0.2, -0.15) is 0 Å². The highest BCUT2D eigenvalue weighted by Gasteiger charge is 2.13. The molecular weight excluding hydrogens is 285 g/mol. The first-order valence-electron chi connectivity index (χ1n) is 7.43. The first-order chi connectivity index (χ1) is 10.3. The lowest BCUT2D eigenvalue weighted by molar-refractivity contribution is 0.0662. The summed E-state index contributed by atoms with van der Waals surface area (Å²) in [6.07, 6.45) is 2.27. The lowest BCUT2D eigenvalue weighted by Gasteiger charge is -2.22. The molecule has 21 heavy (non-hydrogen) atoms. The Morgan fingerprint density at radius 1 is 1.24 bits per heavy atom. The van der Waals surface area contributed by atoms with Crippen molar-refractivity contribution in [3.8, 4) is 10.4 Å². The van der Waals surface area contributed by atoms with Gasteiger partial charge in [0, 0.05) is 30.2 Å². The molecule has 0 bridgehead atoms. The van der Waals surface area contributed by atoms with Crippen molar-refractivity contribution in [2.45, 2.75) is 19.4 Å². The predicted molar refractivity (Wildman–Crippen MR) is 85.0 cm³/mol. The summed E-state index contributed by atoms with van der Waals surface area (Å²) in [7, 11) is 0. The van der Waals surface area contributed by atoms with E-state index < -0.39 is 0 Å². The zero-order chi connectivity index (χ0) is 14.5. The number of benzene rings is 1. The second kappa shape index (κ2) is 7.16. The van der Waals surface area contributed by atoms with Crippen LogP contribution in [0.3, 0.4) is 0 Å². The van der Waals surface area contributed by atoms with Crippen LogP contribution in [0.25, 0.3) is 10.4 Å². The highest BCUT2D eigenvalue weighted by Crippen LogP contribution is 2.28. The van der Waals surface area contributed by atoms with Crippen LogP contribution in [0.5, 0.6) is 0 Å². The summed E-state index contributed by atoms with van der Waals surface area (Å²) in [6.45, 7) is 3.56. The van der Waals surface area contributed by atoms with Gasteiger partial charge in [-0.1, -0.05) is 12.1 Å². The Kier molecular flexibility index (Phi) is 5.01. The molecule has 1 saturated heterocycles. The maximum absolute atomic E-state index is 13.9. The third kappa shape index (κ3) is 3.90. The van der Waals surface area contributed by atoms with Gasteiger partial charge in [0.1, 0.15) is 5.82 Å². The van der Waals surface area contributed by atoms with Crippen LogP contribution in [0.2, 0.25) is 0 Å². The Labute approximate surface area is 129 Å². The highest BCUT2D eigenvalue weighted by atomic mass is 32.1. The van der Waals surface area contributed by atoms with E-state index in [2.05, 4.69) is 5.32 Å². The molecule has 0 spiro atoms. The number of nitrogens with one attached hydrogen (secondary N) is 1. The monoisotopic (exact) mass is 305 g/mol. The molecule has 1 fully saturated rings. The van der Waals surface area contributed by atoms with Gasteiger partial charge in [0.2, 0.25) is 0 Å².